The average Bonchev–Trinajstić information content (AvgIpc) is 3.01. The Balaban J connectivity index is 0.00000544. The first kappa shape index (κ1) is 33.4. The Morgan fingerprint density at radius 3 is 2.24 bits per heavy atom. The van der Waals surface area contributed by atoms with Crippen molar-refractivity contribution in [2.45, 2.75) is 70.0 Å². The van der Waals surface area contributed by atoms with Crippen molar-refractivity contribution in [1.82, 2.24) is 10.2 Å². The molecular weight excluding hydrogens is 518 g/mol. The van der Waals surface area contributed by atoms with Crippen LogP contribution in [0.15, 0.2) is 24.3 Å². The number of halogens is 6. The quantitative estimate of drug-likeness (QED) is 0.311. The molecule has 4 nitrogen and oxygen atoms in total. The molecule has 13 heteroatoms. The van der Waals surface area contributed by atoms with Crippen LogP contribution in [0.3, 0.4) is 0 Å². The highest BCUT2D eigenvalue weighted by atomic mass is 32.1. The first-order valence-corrected chi connectivity index (χ1v) is 13.4. The van der Waals surface area contributed by atoms with Gasteiger partial charge in [0.2, 0.25) is 0 Å². The molecule has 1 aliphatic heterocycles. The maximum absolute atomic E-state index is 12.8. The number of hydrogen-bond acceptors (Lipinski definition) is 4. The Morgan fingerprint density at radius 2 is 1.71 bits per heavy atom. The summed E-state index contributed by atoms with van der Waals surface area (Å²) < 4.78 is 86.6. The number of alkyl halides is 6. The van der Waals surface area contributed by atoms with Crippen LogP contribution in [0, 0.1) is 0 Å². The molecule has 1 N–H and O–H groups in total. The van der Waals surface area contributed by atoms with Gasteiger partial charge in [0.05, 0.1) is 12.6 Å². The monoisotopic (exact) mass is 554 g/mol. The van der Waals surface area contributed by atoms with Gasteiger partial charge in [0.25, 0.3) is 0 Å². The van der Waals surface area contributed by atoms with Gasteiger partial charge in [0, 0.05) is 25.7 Å². The van der Waals surface area contributed by atoms with E-state index in [4.69, 9.17) is 4.43 Å². The summed E-state index contributed by atoms with van der Waals surface area (Å²) >= 11 is 0. The Bertz CT molecular complexity index is 760. The molecule has 1 aromatic rings. The van der Waals surface area contributed by atoms with E-state index in [1.54, 1.807) is 0 Å². The minimum Gasteiger partial charge on any atom is -0.413 e. The smallest absolute Gasteiger partial charge is 0.413 e. The van der Waals surface area contributed by atoms with Crippen LogP contribution in [0.1, 0.15) is 38.8 Å². The van der Waals surface area contributed by atoms with Crippen molar-refractivity contribution in [3.05, 3.63) is 29.8 Å². The molecule has 1 aliphatic rings. The molecule has 34 heavy (non-hydrogen) atoms. The minimum atomic E-state index is -4.88. The first-order chi connectivity index (χ1) is 14.5. The Labute approximate surface area is 212 Å². The van der Waals surface area contributed by atoms with Crippen molar-refractivity contribution >= 4 is 35.3 Å². The molecule has 1 fully saturated rings. The highest BCUT2D eigenvalue weighted by molar-refractivity contribution is 7.59. The molecule has 1 heterocycles. The normalized spacial score (nSPS) is 18.7. The Hall–Kier alpha value is -0.603. The molecule has 0 unspecified atom stereocenters. The molecule has 200 valence electrons. The summed E-state index contributed by atoms with van der Waals surface area (Å²) in [5, 5.41) is 2.48. The molecule has 0 radical (unpaired) electrons. The van der Waals surface area contributed by atoms with Gasteiger partial charge in [-0.3, -0.25) is 4.90 Å². The van der Waals surface area contributed by atoms with E-state index in [9.17, 15) is 26.3 Å². The van der Waals surface area contributed by atoms with Crippen LogP contribution in [0.2, 0.25) is 18.1 Å². The van der Waals surface area contributed by atoms with Gasteiger partial charge in [-0.15, -0.1) is 13.2 Å². The zero-order chi connectivity index (χ0) is 24.4. The van der Waals surface area contributed by atoms with Crippen LogP contribution >= 0.6 is 27.0 Å². The molecule has 1 aromatic carbocycles. The van der Waals surface area contributed by atoms with E-state index in [-0.39, 0.29) is 44.7 Å². The number of benzene rings is 1. The predicted octanol–water partition coefficient (Wildman–Crippen LogP) is 6.10. The average molecular weight is 555 g/mol. The summed E-state index contributed by atoms with van der Waals surface area (Å²) in [6.45, 7) is 10.9. The molecule has 0 aliphatic carbocycles. The molecular formula is C21H36F6N2O2S2Si. The Morgan fingerprint density at radius 1 is 1.09 bits per heavy atom. The van der Waals surface area contributed by atoms with Crippen LogP contribution in [-0.2, 0) is 4.43 Å². The Kier molecular flexibility index (Phi) is 12.4. The summed E-state index contributed by atoms with van der Waals surface area (Å²) in [4.78, 5) is 1.99. The van der Waals surface area contributed by atoms with E-state index in [1.807, 2.05) is 4.90 Å². The van der Waals surface area contributed by atoms with Gasteiger partial charge in [0.1, 0.15) is 5.75 Å². The van der Waals surface area contributed by atoms with Gasteiger partial charge in [0.15, 0.2) is 8.32 Å². The maximum atomic E-state index is 12.8. The lowest BCUT2D eigenvalue weighted by Gasteiger charge is -2.38. The van der Waals surface area contributed by atoms with E-state index in [0.29, 0.717) is 18.7 Å². The lowest BCUT2D eigenvalue weighted by Crippen LogP contribution is -2.45. The van der Waals surface area contributed by atoms with Crippen molar-refractivity contribution in [2.24, 2.45) is 0 Å². The van der Waals surface area contributed by atoms with Crippen LogP contribution in [0.25, 0.3) is 0 Å². The molecule has 2 atom stereocenters. The zero-order valence-corrected chi connectivity index (χ0v) is 23.0. The molecule has 0 bridgehead atoms. The molecule has 2 rings (SSSR count). The van der Waals surface area contributed by atoms with E-state index >= 15 is 0 Å². The van der Waals surface area contributed by atoms with E-state index in [2.05, 4.69) is 43.9 Å². The summed E-state index contributed by atoms with van der Waals surface area (Å²) in [5.74, 6) is -0.464. The van der Waals surface area contributed by atoms with Gasteiger partial charge < -0.3 is 14.5 Å². The fourth-order valence-corrected chi connectivity index (χ4v) is 4.75. The minimum absolute atomic E-state index is 0. The maximum Gasteiger partial charge on any atom is 0.573 e. The third-order valence-corrected chi connectivity index (χ3v) is 10.5. The number of nitrogens with one attached hydrogen (secondary N) is 1. The highest BCUT2D eigenvalue weighted by Crippen LogP contribution is 2.38. The fourth-order valence-electron chi connectivity index (χ4n) is 3.37. The third-order valence-electron chi connectivity index (χ3n) is 5.98. The molecule has 0 amide bonds. The summed E-state index contributed by atoms with van der Waals surface area (Å²) in [6.07, 6.45) is -8.58. The molecule has 0 saturated carbocycles. The number of likely N-dealkylation sites (tertiary alicyclic amines) is 1. The van der Waals surface area contributed by atoms with Crippen LogP contribution < -0.4 is 10.1 Å². The van der Waals surface area contributed by atoms with Gasteiger partial charge in [-0.1, -0.05) is 32.9 Å². The molecule has 0 aromatic heterocycles. The zero-order valence-electron chi connectivity index (χ0n) is 20.0. The van der Waals surface area contributed by atoms with Gasteiger partial charge in [-0.25, -0.2) is 0 Å². The topological polar surface area (TPSA) is 33.7 Å². The predicted molar refractivity (Wildman–Crippen MR) is 134 cm³/mol. The molecule has 1 saturated heterocycles. The van der Waals surface area contributed by atoms with Gasteiger partial charge in [-0.05, 0) is 42.2 Å². The largest absolute Gasteiger partial charge is 0.573 e. The van der Waals surface area contributed by atoms with Crippen molar-refractivity contribution in [3.63, 3.8) is 0 Å². The van der Waals surface area contributed by atoms with E-state index in [1.165, 1.54) is 12.1 Å². The third kappa shape index (κ3) is 11.0. The highest BCUT2D eigenvalue weighted by Gasteiger charge is 2.41. The van der Waals surface area contributed by atoms with Crippen LogP contribution in [-0.4, -0.2) is 58.0 Å². The van der Waals surface area contributed by atoms with Crippen molar-refractivity contribution in [1.29, 1.82) is 0 Å². The summed E-state index contributed by atoms with van der Waals surface area (Å²) in [7, 11) is -1.99. The van der Waals surface area contributed by atoms with Crippen LogP contribution in [0.4, 0.5) is 26.3 Å². The second-order valence-corrected chi connectivity index (χ2v) is 14.5. The lowest BCUT2D eigenvalue weighted by atomic mass is 10.1. The second kappa shape index (κ2) is 12.6. The first-order valence-electron chi connectivity index (χ1n) is 10.5. The van der Waals surface area contributed by atoms with E-state index in [0.717, 1.165) is 18.6 Å². The van der Waals surface area contributed by atoms with Gasteiger partial charge >= 0.3 is 12.5 Å². The molecule has 0 spiro atoms. The van der Waals surface area contributed by atoms with Crippen LogP contribution in [0.5, 0.6) is 5.75 Å². The van der Waals surface area contributed by atoms with E-state index < -0.39 is 39.2 Å². The fraction of sp³-hybridized carbons (Fsp3) is 0.714. The van der Waals surface area contributed by atoms with Crippen molar-refractivity contribution in [2.75, 3.05) is 26.2 Å². The summed E-state index contributed by atoms with van der Waals surface area (Å²) in [5.41, 5.74) is 0.296. The number of ether oxygens (including phenoxy) is 1. The summed E-state index contributed by atoms with van der Waals surface area (Å²) in [6, 6.07) is 4.26. The lowest BCUT2D eigenvalue weighted by molar-refractivity contribution is -0.274. The van der Waals surface area contributed by atoms with Crippen molar-refractivity contribution < 1.29 is 35.5 Å². The number of hydrogen-bond donors (Lipinski definition) is 1. The van der Waals surface area contributed by atoms with Crippen molar-refractivity contribution in [3.8, 4) is 5.75 Å². The standard InChI is InChI=1S/C21H32F6N2O2Si.2H2S/c1-19(2,3)32(4,5)31-17-9-10-29(12-17)13-18(28-14-20(22,23)24)15-7-6-8-16(11-15)30-21(25,26)27;;/h6-8,11,17-18,28H,9-10,12-14H2,1-5H3;2*1H2/t17-,18-;;/m1../s1. The number of rotatable bonds is 8. The second-order valence-electron chi connectivity index (χ2n) is 9.72. The SMILES string of the molecule is CC(C)(C)[Si](C)(C)O[C@@H]1CCN(C[C@@H](NCC(F)(F)F)c2cccc(OC(F)(F)F)c2)C1.S.S. The van der Waals surface area contributed by atoms with Gasteiger partial charge in [-0.2, -0.15) is 40.2 Å². The number of nitrogens with zero attached hydrogens (tertiary/aromatic N) is 1.